The van der Waals surface area contributed by atoms with E-state index in [9.17, 15) is 9.90 Å². The van der Waals surface area contributed by atoms with Crippen LogP contribution >= 0.6 is 0 Å². The average Bonchev–Trinajstić information content (AvgIpc) is 2.75. The third-order valence-electron chi connectivity index (χ3n) is 4.39. The number of benzene rings is 2. The summed E-state index contributed by atoms with van der Waals surface area (Å²) in [6.45, 7) is 3.05. The van der Waals surface area contributed by atoms with Gasteiger partial charge in [-0.15, -0.1) is 0 Å². The minimum Gasteiger partial charge on any atom is -0.493 e. The van der Waals surface area contributed by atoms with Gasteiger partial charge in [-0.2, -0.15) is 4.98 Å². The van der Waals surface area contributed by atoms with Gasteiger partial charge in [-0.1, -0.05) is 35.9 Å². The van der Waals surface area contributed by atoms with E-state index >= 15 is 0 Å². The first kappa shape index (κ1) is 14.6. The molecular weight excluding hydrogens is 302 g/mol. The smallest absolute Gasteiger partial charge is 0.229 e. The summed E-state index contributed by atoms with van der Waals surface area (Å²) in [5.41, 5.74) is 3.48. The van der Waals surface area contributed by atoms with Crippen LogP contribution in [-0.4, -0.2) is 27.4 Å². The van der Waals surface area contributed by atoms with E-state index < -0.39 is 0 Å². The second-order valence-corrected chi connectivity index (χ2v) is 6.12. The van der Waals surface area contributed by atoms with E-state index in [2.05, 4.69) is 9.97 Å². The van der Waals surface area contributed by atoms with E-state index in [1.807, 2.05) is 54.3 Å². The zero-order chi connectivity index (χ0) is 16.7. The van der Waals surface area contributed by atoms with Gasteiger partial charge >= 0.3 is 0 Å². The third-order valence-corrected chi connectivity index (χ3v) is 4.39. The highest BCUT2D eigenvalue weighted by atomic mass is 16.3. The number of aryl methyl sites for hydroxylation is 1. The van der Waals surface area contributed by atoms with Gasteiger partial charge in [0.1, 0.15) is 0 Å². The summed E-state index contributed by atoms with van der Waals surface area (Å²) >= 11 is 0. The Morgan fingerprint density at radius 1 is 1.12 bits per heavy atom. The van der Waals surface area contributed by atoms with Gasteiger partial charge in [-0.3, -0.25) is 4.79 Å². The molecule has 120 valence electrons. The van der Waals surface area contributed by atoms with Crippen LogP contribution in [0.1, 0.15) is 27.9 Å². The Balaban J connectivity index is 1.78. The van der Waals surface area contributed by atoms with Crippen molar-refractivity contribution in [2.75, 3.05) is 11.4 Å². The van der Waals surface area contributed by atoms with Crippen molar-refractivity contribution in [1.29, 1.82) is 0 Å². The Hall–Kier alpha value is -2.95. The Labute approximate surface area is 139 Å². The highest BCUT2D eigenvalue weighted by molar-refractivity contribution is 5.98. The number of anilines is 1. The molecule has 0 spiro atoms. The van der Waals surface area contributed by atoms with E-state index in [0.29, 0.717) is 36.4 Å². The molecule has 0 fully saturated rings. The standard InChI is InChI=1S/C19H17N3O2/c1-12-6-7-16-15(10-12)18(24)21-19(20-16)22-9-8-17(23)14-5-3-2-4-13(14)11-22/h2-7,10H,8-9,11H2,1H3,(H,20,21,24). The largest absolute Gasteiger partial charge is 0.493 e. The molecule has 2 aromatic carbocycles. The summed E-state index contributed by atoms with van der Waals surface area (Å²) in [7, 11) is 0. The van der Waals surface area contributed by atoms with Gasteiger partial charge in [-0.25, -0.2) is 4.98 Å². The lowest BCUT2D eigenvalue weighted by Gasteiger charge is -2.21. The number of hydrogen-bond donors (Lipinski definition) is 1. The molecular formula is C19H17N3O2. The lowest BCUT2D eigenvalue weighted by molar-refractivity contribution is 0.0986. The normalized spacial score (nSPS) is 14.5. The second-order valence-electron chi connectivity index (χ2n) is 6.12. The van der Waals surface area contributed by atoms with Crippen LogP contribution in [0, 0.1) is 6.92 Å². The molecule has 0 unspecified atom stereocenters. The fraction of sp³-hybridized carbons (Fsp3) is 0.211. The number of aromatic hydroxyl groups is 1. The summed E-state index contributed by atoms with van der Waals surface area (Å²) in [5.74, 6) is 0.560. The Morgan fingerprint density at radius 3 is 2.83 bits per heavy atom. The molecule has 1 aliphatic rings. The first-order valence-corrected chi connectivity index (χ1v) is 7.95. The maximum absolute atomic E-state index is 12.3. The van der Waals surface area contributed by atoms with E-state index in [0.717, 1.165) is 16.7 Å². The van der Waals surface area contributed by atoms with Gasteiger partial charge in [0.15, 0.2) is 5.78 Å². The number of carbonyl (C=O) groups is 1. The quantitative estimate of drug-likeness (QED) is 0.746. The summed E-state index contributed by atoms with van der Waals surface area (Å²) in [4.78, 5) is 23.1. The number of nitrogens with zero attached hydrogens (tertiary/aromatic N) is 3. The number of rotatable bonds is 1. The van der Waals surface area contributed by atoms with Gasteiger partial charge in [-0.05, 0) is 24.6 Å². The lowest BCUT2D eigenvalue weighted by atomic mass is 10.0. The predicted octanol–water partition coefficient (Wildman–Crippen LogP) is 3.24. The Morgan fingerprint density at radius 2 is 1.96 bits per heavy atom. The SMILES string of the molecule is Cc1ccc2nc(N3CCC(=O)c4ccccc4C3)nc(O)c2c1. The van der Waals surface area contributed by atoms with Gasteiger partial charge in [0, 0.05) is 25.1 Å². The van der Waals surface area contributed by atoms with Gasteiger partial charge < -0.3 is 10.0 Å². The highest BCUT2D eigenvalue weighted by Crippen LogP contribution is 2.27. The molecule has 0 bridgehead atoms. The number of ketones is 1. The minimum atomic E-state index is -0.0254. The van der Waals surface area contributed by atoms with Crippen LogP contribution in [0.15, 0.2) is 42.5 Å². The van der Waals surface area contributed by atoms with E-state index in [4.69, 9.17) is 0 Å². The van der Waals surface area contributed by atoms with E-state index in [-0.39, 0.29) is 11.7 Å². The molecule has 1 N–H and O–H groups in total. The molecule has 24 heavy (non-hydrogen) atoms. The number of carbonyl (C=O) groups excluding carboxylic acids is 1. The molecule has 0 atom stereocenters. The van der Waals surface area contributed by atoms with Crippen LogP contribution in [0.4, 0.5) is 5.95 Å². The number of hydrogen-bond acceptors (Lipinski definition) is 5. The zero-order valence-electron chi connectivity index (χ0n) is 13.4. The van der Waals surface area contributed by atoms with Crippen molar-refractivity contribution in [3.63, 3.8) is 0 Å². The number of fused-ring (bicyclic) bond motifs is 2. The summed E-state index contributed by atoms with van der Waals surface area (Å²) < 4.78 is 0. The summed E-state index contributed by atoms with van der Waals surface area (Å²) in [6, 6.07) is 13.3. The average molecular weight is 319 g/mol. The third kappa shape index (κ3) is 2.48. The molecule has 0 aliphatic carbocycles. The highest BCUT2D eigenvalue weighted by Gasteiger charge is 2.22. The Kier molecular flexibility index (Phi) is 3.41. The maximum atomic E-state index is 12.3. The lowest BCUT2D eigenvalue weighted by Crippen LogP contribution is -2.25. The summed E-state index contributed by atoms with van der Waals surface area (Å²) in [6.07, 6.45) is 0.410. The minimum absolute atomic E-state index is 0.0254. The van der Waals surface area contributed by atoms with Crippen molar-refractivity contribution >= 4 is 22.6 Å². The van der Waals surface area contributed by atoms with Crippen LogP contribution in [0.3, 0.4) is 0 Å². The molecule has 5 nitrogen and oxygen atoms in total. The maximum Gasteiger partial charge on any atom is 0.229 e. The Bertz CT molecular complexity index is 952. The monoisotopic (exact) mass is 319 g/mol. The fourth-order valence-electron chi connectivity index (χ4n) is 3.11. The second kappa shape index (κ2) is 5.60. The summed E-state index contributed by atoms with van der Waals surface area (Å²) in [5, 5.41) is 10.9. The van der Waals surface area contributed by atoms with Gasteiger partial charge in [0.05, 0.1) is 10.9 Å². The number of Topliss-reactive ketones (excluding diaryl/α,β-unsaturated/α-hetero) is 1. The van der Waals surface area contributed by atoms with Crippen LogP contribution < -0.4 is 4.90 Å². The van der Waals surface area contributed by atoms with E-state index in [1.54, 1.807) is 0 Å². The predicted molar refractivity (Wildman–Crippen MR) is 92.4 cm³/mol. The van der Waals surface area contributed by atoms with Crippen molar-refractivity contribution in [2.45, 2.75) is 19.9 Å². The molecule has 1 aromatic heterocycles. The van der Waals surface area contributed by atoms with Crippen LogP contribution in [0.25, 0.3) is 10.9 Å². The zero-order valence-corrected chi connectivity index (χ0v) is 13.4. The molecule has 0 radical (unpaired) electrons. The fourth-order valence-corrected chi connectivity index (χ4v) is 3.11. The molecule has 5 heteroatoms. The van der Waals surface area contributed by atoms with Crippen molar-refractivity contribution in [1.82, 2.24) is 9.97 Å². The number of aromatic nitrogens is 2. The van der Waals surface area contributed by atoms with Crippen LogP contribution in [0.5, 0.6) is 5.88 Å². The van der Waals surface area contributed by atoms with E-state index in [1.165, 1.54) is 0 Å². The molecule has 0 amide bonds. The van der Waals surface area contributed by atoms with Gasteiger partial charge in [0.25, 0.3) is 0 Å². The molecule has 2 heterocycles. The first-order chi connectivity index (χ1) is 11.6. The molecule has 3 aromatic rings. The first-order valence-electron chi connectivity index (χ1n) is 7.95. The van der Waals surface area contributed by atoms with Crippen molar-refractivity contribution in [2.24, 2.45) is 0 Å². The van der Waals surface area contributed by atoms with Crippen LogP contribution in [0.2, 0.25) is 0 Å². The topological polar surface area (TPSA) is 66.3 Å². The molecule has 0 saturated heterocycles. The molecule has 1 aliphatic heterocycles. The van der Waals surface area contributed by atoms with Gasteiger partial charge in [0.2, 0.25) is 11.8 Å². The van der Waals surface area contributed by atoms with Crippen molar-refractivity contribution in [3.8, 4) is 5.88 Å². The van der Waals surface area contributed by atoms with Crippen LogP contribution in [-0.2, 0) is 6.54 Å². The molecule has 4 rings (SSSR count). The van der Waals surface area contributed by atoms with Crippen molar-refractivity contribution in [3.05, 3.63) is 59.2 Å². The molecule has 0 saturated carbocycles. The van der Waals surface area contributed by atoms with Crippen molar-refractivity contribution < 1.29 is 9.90 Å².